The zero-order chi connectivity index (χ0) is 19.6. The van der Waals surface area contributed by atoms with Crippen LogP contribution in [-0.2, 0) is 14.8 Å². The van der Waals surface area contributed by atoms with Crippen LogP contribution in [0.1, 0.15) is 13.2 Å². The van der Waals surface area contributed by atoms with Crippen molar-refractivity contribution in [2.45, 2.75) is 31.5 Å². The molecular formula is C15H20N6O5S. The third-order valence-electron chi connectivity index (χ3n) is 4.06. The lowest BCUT2D eigenvalue weighted by molar-refractivity contribution is -0.0230. The number of ether oxygens (including phenoxy) is 1. The maximum Gasteiger partial charge on any atom is 0.213 e. The normalized spacial score (nSPS) is 25.6. The van der Waals surface area contributed by atoms with Crippen molar-refractivity contribution in [1.29, 1.82) is 0 Å². The van der Waals surface area contributed by atoms with E-state index in [1.54, 1.807) is 6.92 Å². The Labute approximate surface area is 155 Å². The van der Waals surface area contributed by atoms with Crippen molar-refractivity contribution >= 4 is 27.0 Å². The molecule has 3 rings (SSSR count). The van der Waals surface area contributed by atoms with Crippen LogP contribution in [0.25, 0.3) is 11.2 Å². The van der Waals surface area contributed by atoms with Crippen molar-refractivity contribution < 1.29 is 23.4 Å². The molecule has 0 amide bonds. The summed E-state index contributed by atoms with van der Waals surface area (Å²) in [4.78, 5) is 12.4. The van der Waals surface area contributed by atoms with E-state index >= 15 is 0 Å². The highest BCUT2D eigenvalue weighted by atomic mass is 32.2. The number of sulfonamides is 1. The molecule has 4 atom stereocenters. The molecule has 1 fully saturated rings. The molecule has 12 heteroatoms. The van der Waals surface area contributed by atoms with Crippen LogP contribution >= 0.6 is 0 Å². The lowest BCUT2D eigenvalue weighted by atomic mass is 10.1. The zero-order valence-electron chi connectivity index (χ0n) is 14.5. The van der Waals surface area contributed by atoms with Gasteiger partial charge in [0.2, 0.25) is 10.0 Å². The fraction of sp³-hybridized carbons (Fsp3) is 0.533. The predicted molar refractivity (Wildman–Crippen MR) is 96.0 cm³/mol. The van der Waals surface area contributed by atoms with Crippen LogP contribution in [0, 0.1) is 12.3 Å². The van der Waals surface area contributed by atoms with Gasteiger partial charge >= 0.3 is 0 Å². The first-order valence-electron chi connectivity index (χ1n) is 8.24. The number of terminal acetylenes is 1. The third-order valence-corrected chi connectivity index (χ3v) is 5.53. The van der Waals surface area contributed by atoms with E-state index in [0.717, 1.165) is 0 Å². The molecule has 0 saturated carbocycles. The SMILES string of the molecule is C#CC1O[C@@H](n2cnc3c(NCCS(=O)(=O)NCC)ncnc32)[C@H](O)C1O. The van der Waals surface area contributed by atoms with E-state index in [4.69, 9.17) is 11.2 Å². The van der Waals surface area contributed by atoms with Gasteiger partial charge in [0.25, 0.3) is 0 Å². The molecule has 11 nitrogen and oxygen atoms in total. The van der Waals surface area contributed by atoms with Gasteiger partial charge in [-0.3, -0.25) is 4.57 Å². The van der Waals surface area contributed by atoms with Gasteiger partial charge in [-0.1, -0.05) is 12.8 Å². The van der Waals surface area contributed by atoms with Gasteiger partial charge in [0, 0.05) is 13.1 Å². The minimum atomic E-state index is -3.37. The van der Waals surface area contributed by atoms with Crippen molar-refractivity contribution in [2.24, 2.45) is 0 Å². The molecule has 0 aliphatic carbocycles. The molecule has 2 aromatic heterocycles. The molecular weight excluding hydrogens is 376 g/mol. The van der Waals surface area contributed by atoms with Gasteiger partial charge in [-0.2, -0.15) is 0 Å². The number of aliphatic hydroxyl groups excluding tert-OH is 2. The molecule has 0 aromatic carbocycles. The van der Waals surface area contributed by atoms with Crippen LogP contribution in [0.2, 0.25) is 0 Å². The van der Waals surface area contributed by atoms with Crippen LogP contribution in [0.3, 0.4) is 0 Å². The first-order valence-corrected chi connectivity index (χ1v) is 9.89. The Morgan fingerprint density at radius 3 is 2.78 bits per heavy atom. The highest BCUT2D eigenvalue weighted by Crippen LogP contribution is 2.31. The average molecular weight is 396 g/mol. The second-order valence-corrected chi connectivity index (χ2v) is 7.81. The second kappa shape index (κ2) is 7.75. The lowest BCUT2D eigenvalue weighted by Gasteiger charge is -2.16. The van der Waals surface area contributed by atoms with E-state index in [1.165, 1.54) is 17.2 Å². The molecule has 27 heavy (non-hydrogen) atoms. The molecule has 0 radical (unpaired) electrons. The van der Waals surface area contributed by atoms with E-state index in [2.05, 4.69) is 30.9 Å². The summed E-state index contributed by atoms with van der Waals surface area (Å²) >= 11 is 0. The number of nitrogens with one attached hydrogen (secondary N) is 2. The minimum Gasteiger partial charge on any atom is -0.386 e. The van der Waals surface area contributed by atoms with Crippen LogP contribution < -0.4 is 10.0 Å². The van der Waals surface area contributed by atoms with Gasteiger partial charge in [0.15, 0.2) is 23.2 Å². The zero-order valence-corrected chi connectivity index (χ0v) is 15.3. The maximum atomic E-state index is 11.7. The molecule has 2 aromatic rings. The maximum absolute atomic E-state index is 11.7. The van der Waals surface area contributed by atoms with Crippen molar-refractivity contribution in [3.05, 3.63) is 12.7 Å². The average Bonchev–Trinajstić information content (AvgIpc) is 3.17. The topological polar surface area (TPSA) is 151 Å². The molecule has 3 heterocycles. The third kappa shape index (κ3) is 3.87. The molecule has 2 unspecified atom stereocenters. The van der Waals surface area contributed by atoms with Gasteiger partial charge in [-0.05, 0) is 0 Å². The number of rotatable bonds is 7. The predicted octanol–water partition coefficient (Wildman–Crippen LogP) is -1.57. The van der Waals surface area contributed by atoms with Gasteiger partial charge in [-0.25, -0.2) is 28.1 Å². The fourth-order valence-electron chi connectivity index (χ4n) is 2.79. The summed E-state index contributed by atoms with van der Waals surface area (Å²) in [6, 6.07) is 0. The van der Waals surface area contributed by atoms with Gasteiger partial charge in [0.05, 0.1) is 12.1 Å². The van der Waals surface area contributed by atoms with Crippen LogP contribution in [0.4, 0.5) is 5.82 Å². The summed E-state index contributed by atoms with van der Waals surface area (Å²) in [5, 5.41) is 23.0. The highest BCUT2D eigenvalue weighted by Gasteiger charge is 2.43. The number of aliphatic hydroxyl groups is 2. The molecule has 4 N–H and O–H groups in total. The van der Waals surface area contributed by atoms with Crippen LogP contribution in [-0.4, -0.2) is 75.3 Å². The fourth-order valence-corrected chi connectivity index (χ4v) is 3.75. The summed E-state index contributed by atoms with van der Waals surface area (Å²) in [5.41, 5.74) is 0.712. The highest BCUT2D eigenvalue weighted by molar-refractivity contribution is 7.89. The van der Waals surface area contributed by atoms with E-state index < -0.39 is 34.6 Å². The summed E-state index contributed by atoms with van der Waals surface area (Å²) in [5.74, 6) is 2.48. The van der Waals surface area contributed by atoms with E-state index in [9.17, 15) is 18.6 Å². The molecule has 1 aliphatic rings. The van der Waals surface area contributed by atoms with E-state index in [0.29, 0.717) is 23.5 Å². The number of hydrogen-bond acceptors (Lipinski definition) is 9. The number of imidazole rings is 1. The summed E-state index contributed by atoms with van der Waals surface area (Å²) in [6.45, 7) is 2.14. The summed E-state index contributed by atoms with van der Waals surface area (Å²) < 4.78 is 32.7. The minimum absolute atomic E-state index is 0.120. The summed E-state index contributed by atoms with van der Waals surface area (Å²) in [6.07, 6.45) is 3.57. The molecule has 146 valence electrons. The van der Waals surface area contributed by atoms with Crippen molar-refractivity contribution in [3.63, 3.8) is 0 Å². The smallest absolute Gasteiger partial charge is 0.213 e. The number of anilines is 1. The Hall–Kier alpha value is -2.30. The molecule has 0 spiro atoms. The molecule has 1 saturated heterocycles. The second-order valence-electron chi connectivity index (χ2n) is 5.88. The molecule has 1 aliphatic heterocycles. The standard InChI is InChI=1S/C15H20N6O5S/c1-3-9-11(22)12(23)15(26-9)21-8-19-10-13(17-7-18-14(10)21)16-5-6-27(24,25)20-4-2/h1,7-9,11-12,15,20,22-23H,4-6H2,2H3,(H,16,17,18)/t9?,11?,12-,15-/m1/s1. The van der Waals surface area contributed by atoms with Gasteiger partial charge in [0.1, 0.15) is 24.6 Å². The van der Waals surface area contributed by atoms with Crippen molar-refractivity contribution in [1.82, 2.24) is 24.2 Å². The Morgan fingerprint density at radius 1 is 1.33 bits per heavy atom. The molecule has 0 bridgehead atoms. The van der Waals surface area contributed by atoms with Crippen LogP contribution in [0.5, 0.6) is 0 Å². The first-order chi connectivity index (χ1) is 12.9. The van der Waals surface area contributed by atoms with Crippen LogP contribution in [0.15, 0.2) is 12.7 Å². The first kappa shape index (κ1) is 19.5. The number of hydrogen-bond donors (Lipinski definition) is 4. The lowest BCUT2D eigenvalue weighted by Crippen LogP contribution is -2.30. The van der Waals surface area contributed by atoms with Gasteiger partial charge in [-0.15, -0.1) is 6.42 Å². The Balaban J connectivity index is 1.80. The van der Waals surface area contributed by atoms with E-state index in [1.807, 2.05) is 0 Å². The Bertz CT molecular complexity index is 955. The van der Waals surface area contributed by atoms with Crippen molar-refractivity contribution in [2.75, 3.05) is 24.2 Å². The van der Waals surface area contributed by atoms with Crippen molar-refractivity contribution in [3.8, 4) is 12.3 Å². The van der Waals surface area contributed by atoms with Gasteiger partial charge < -0.3 is 20.3 Å². The number of fused-ring (bicyclic) bond motifs is 1. The number of nitrogens with zero attached hydrogens (tertiary/aromatic N) is 4. The van der Waals surface area contributed by atoms with E-state index in [-0.39, 0.29) is 12.3 Å². The largest absolute Gasteiger partial charge is 0.386 e. The monoisotopic (exact) mass is 396 g/mol. The quantitative estimate of drug-likeness (QED) is 0.407. The Kier molecular flexibility index (Phi) is 5.59. The number of aromatic nitrogens is 4. The summed E-state index contributed by atoms with van der Waals surface area (Å²) in [7, 11) is -3.37. The Morgan fingerprint density at radius 2 is 2.11 bits per heavy atom.